The number of benzene rings is 1. The Bertz CT molecular complexity index is 505. The van der Waals surface area contributed by atoms with E-state index in [1.54, 1.807) is 6.07 Å². The van der Waals surface area contributed by atoms with Crippen LogP contribution in [0.1, 0.15) is 41.6 Å². The molecule has 1 aliphatic heterocycles. The van der Waals surface area contributed by atoms with Crippen LogP contribution in [0.5, 0.6) is 0 Å². The van der Waals surface area contributed by atoms with E-state index in [-0.39, 0.29) is 11.8 Å². The zero-order valence-corrected chi connectivity index (χ0v) is 13.0. The van der Waals surface area contributed by atoms with Gasteiger partial charge in [-0.15, -0.1) is 0 Å². The highest BCUT2D eigenvalue weighted by molar-refractivity contribution is 7.80. The monoisotopic (exact) mass is 306 g/mol. The molecule has 1 atom stereocenters. The molecule has 1 fully saturated rings. The number of hydrogen-bond acceptors (Lipinski definition) is 3. The summed E-state index contributed by atoms with van der Waals surface area (Å²) in [7, 11) is 0. The molecule has 5 heteroatoms. The second kappa shape index (κ2) is 8.08. The molecule has 21 heavy (non-hydrogen) atoms. The fraction of sp³-hybridized carbons (Fsp3) is 0.500. The van der Waals surface area contributed by atoms with Crippen LogP contribution in [0, 0.1) is 0 Å². The van der Waals surface area contributed by atoms with Crippen LogP contribution in [-0.2, 0) is 11.2 Å². The second-order valence-electron chi connectivity index (χ2n) is 5.34. The van der Waals surface area contributed by atoms with Gasteiger partial charge in [-0.1, -0.05) is 12.1 Å². The quantitative estimate of drug-likeness (QED) is 0.728. The van der Waals surface area contributed by atoms with Gasteiger partial charge in [-0.2, -0.15) is 12.6 Å². The standard InChI is InChI=1S/C16H22N2O2S/c19-15(18-14-8-1-2-9-17-16(14)20)13-7-3-5-12(11-13)6-4-10-21/h3,5,7,11,14,21H,1-2,4,6,8-10H2,(H,17,20)(H,18,19). The van der Waals surface area contributed by atoms with Crippen LogP contribution in [0.2, 0.25) is 0 Å². The molecule has 0 spiro atoms. The van der Waals surface area contributed by atoms with Crippen molar-refractivity contribution >= 4 is 24.4 Å². The van der Waals surface area contributed by atoms with Gasteiger partial charge >= 0.3 is 0 Å². The summed E-state index contributed by atoms with van der Waals surface area (Å²) < 4.78 is 0. The van der Waals surface area contributed by atoms with Crippen molar-refractivity contribution in [2.24, 2.45) is 0 Å². The maximum absolute atomic E-state index is 12.3. The summed E-state index contributed by atoms with van der Waals surface area (Å²) in [4.78, 5) is 24.1. The average molecular weight is 306 g/mol. The molecule has 4 nitrogen and oxygen atoms in total. The van der Waals surface area contributed by atoms with Crippen molar-refractivity contribution in [3.8, 4) is 0 Å². The van der Waals surface area contributed by atoms with Crippen molar-refractivity contribution in [1.29, 1.82) is 0 Å². The summed E-state index contributed by atoms with van der Waals surface area (Å²) in [6, 6.07) is 7.16. The lowest BCUT2D eigenvalue weighted by Gasteiger charge is -2.15. The molecule has 0 radical (unpaired) electrons. The van der Waals surface area contributed by atoms with Crippen molar-refractivity contribution in [3.63, 3.8) is 0 Å². The van der Waals surface area contributed by atoms with Gasteiger partial charge in [-0.05, 0) is 55.6 Å². The first-order valence-electron chi connectivity index (χ1n) is 7.49. The molecule has 0 aromatic heterocycles. The number of rotatable bonds is 5. The Labute approximate surface area is 131 Å². The van der Waals surface area contributed by atoms with Crippen LogP contribution < -0.4 is 10.6 Å². The fourth-order valence-corrected chi connectivity index (χ4v) is 2.63. The third-order valence-corrected chi connectivity index (χ3v) is 3.97. The first-order valence-corrected chi connectivity index (χ1v) is 8.12. The van der Waals surface area contributed by atoms with Crippen molar-refractivity contribution in [1.82, 2.24) is 10.6 Å². The average Bonchev–Trinajstić information content (AvgIpc) is 2.70. The van der Waals surface area contributed by atoms with E-state index in [0.29, 0.717) is 18.5 Å². The van der Waals surface area contributed by atoms with E-state index in [2.05, 4.69) is 23.3 Å². The Morgan fingerprint density at radius 1 is 1.38 bits per heavy atom. The summed E-state index contributed by atoms with van der Waals surface area (Å²) >= 11 is 4.20. The van der Waals surface area contributed by atoms with E-state index in [1.165, 1.54) is 0 Å². The van der Waals surface area contributed by atoms with Gasteiger partial charge in [0.15, 0.2) is 0 Å². The molecular formula is C16H22N2O2S. The lowest BCUT2D eigenvalue weighted by atomic mass is 10.1. The van der Waals surface area contributed by atoms with Gasteiger partial charge in [0.1, 0.15) is 6.04 Å². The first-order chi connectivity index (χ1) is 10.2. The zero-order valence-electron chi connectivity index (χ0n) is 12.1. The molecule has 2 amide bonds. The SMILES string of the molecule is O=C(NC1CCCCNC1=O)c1cccc(CCCS)c1. The number of carbonyl (C=O) groups excluding carboxylic acids is 2. The second-order valence-corrected chi connectivity index (χ2v) is 5.79. The highest BCUT2D eigenvalue weighted by Crippen LogP contribution is 2.10. The van der Waals surface area contributed by atoms with E-state index >= 15 is 0 Å². The highest BCUT2D eigenvalue weighted by Gasteiger charge is 2.22. The van der Waals surface area contributed by atoms with E-state index in [1.807, 2.05) is 18.2 Å². The molecule has 1 aliphatic rings. The maximum Gasteiger partial charge on any atom is 0.251 e. The molecule has 1 aromatic carbocycles. The lowest BCUT2D eigenvalue weighted by molar-refractivity contribution is -0.122. The van der Waals surface area contributed by atoms with E-state index in [4.69, 9.17) is 0 Å². The molecule has 1 unspecified atom stereocenters. The van der Waals surface area contributed by atoms with Crippen molar-refractivity contribution in [2.75, 3.05) is 12.3 Å². The number of aryl methyl sites for hydroxylation is 1. The minimum absolute atomic E-state index is 0.0768. The van der Waals surface area contributed by atoms with Gasteiger partial charge in [-0.25, -0.2) is 0 Å². The van der Waals surface area contributed by atoms with E-state index < -0.39 is 6.04 Å². The molecule has 114 valence electrons. The number of hydrogen-bond donors (Lipinski definition) is 3. The van der Waals surface area contributed by atoms with Crippen molar-refractivity contribution in [3.05, 3.63) is 35.4 Å². The van der Waals surface area contributed by atoms with Crippen LogP contribution in [-0.4, -0.2) is 30.2 Å². The third kappa shape index (κ3) is 4.77. The largest absolute Gasteiger partial charge is 0.354 e. The molecule has 0 aliphatic carbocycles. The molecule has 2 rings (SSSR count). The Balaban J connectivity index is 2.00. The van der Waals surface area contributed by atoms with E-state index in [9.17, 15) is 9.59 Å². The molecule has 0 bridgehead atoms. The molecule has 2 N–H and O–H groups in total. The number of nitrogens with one attached hydrogen (secondary N) is 2. The summed E-state index contributed by atoms with van der Waals surface area (Å²) in [6.45, 7) is 0.699. The molecular weight excluding hydrogens is 284 g/mol. The predicted octanol–water partition coefficient (Wildman–Crippen LogP) is 1.95. The molecule has 1 heterocycles. The van der Waals surface area contributed by atoms with Gasteiger partial charge in [0.25, 0.3) is 5.91 Å². The number of amides is 2. The fourth-order valence-electron chi connectivity index (χ4n) is 2.47. The maximum atomic E-state index is 12.3. The van der Waals surface area contributed by atoms with Gasteiger partial charge in [0, 0.05) is 12.1 Å². The molecule has 1 saturated heterocycles. The highest BCUT2D eigenvalue weighted by atomic mass is 32.1. The topological polar surface area (TPSA) is 58.2 Å². The Hall–Kier alpha value is -1.49. The number of thiol groups is 1. The normalized spacial score (nSPS) is 18.7. The Morgan fingerprint density at radius 3 is 3.05 bits per heavy atom. The van der Waals surface area contributed by atoms with Gasteiger partial charge in [-0.3, -0.25) is 9.59 Å². The van der Waals surface area contributed by atoms with Gasteiger partial charge in [0.05, 0.1) is 0 Å². The van der Waals surface area contributed by atoms with Crippen LogP contribution in [0.15, 0.2) is 24.3 Å². The van der Waals surface area contributed by atoms with Crippen molar-refractivity contribution < 1.29 is 9.59 Å². The van der Waals surface area contributed by atoms with Crippen LogP contribution >= 0.6 is 12.6 Å². The molecule has 1 aromatic rings. The minimum Gasteiger partial charge on any atom is -0.354 e. The summed E-state index contributed by atoms with van der Waals surface area (Å²) in [5, 5.41) is 5.67. The van der Waals surface area contributed by atoms with Crippen LogP contribution in [0.25, 0.3) is 0 Å². The lowest BCUT2D eigenvalue weighted by Crippen LogP contribution is -2.45. The first kappa shape index (κ1) is 15.9. The smallest absolute Gasteiger partial charge is 0.251 e. The van der Waals surface area contributed by atoms with Gasteiger partial charge in [0.2, 0.25) is 5.91 Å². The van der Waals surface area contributed by atoms with Crippen molar-refractivity contribution in [2.45, 2.75) is 38.1 Å². The summed E-state index contributed by atoms with van der Waals surface area (Å²) in [5.41, 5.74) is 1.74. The number of carbonyl (C=O) groups is 2. The predicted molar refractivity (Wildman–Crippen MR) is 86.7 cm³/mol. The summed E-state index contributed by atoms with van der Waals surface area (Å²) in [6.07, 6.45) is 4.52. The van der Waals surface area contributed by atoms with Gasteiger partial charge < -0.3 is 10.6 Å². The summed E-state index contributed by atoms with van der Waals surface area (Å²) in [5.74, 6) is 0.579. The zero-order chi connectivity index (χ0) is 15.1. The van der Waals surface area contributed by atoms with Crippen LogP contribution in [0.4, 0.5) is 0 Å². The van der Waals surface area contributed by atoms with Crippen LogP contribution in [0.3, 0.4) is 0 Å². The Morgan fingerprint density at radius 2 is 2.24 bits per heavy atom. The minimum atomic E-state index is -0.416. The van der Waals surface area contributed by atoms with E-state index in [0.717, 1.165) is 37.0 Å². The Kier molecular flexibility index (Phi) is 6.11. The third-order valence-electron chi connectivity index (χ3n) is 3.65. The molecule has 0 saturated carbocycles.